The second kappa shape index (κ2) is 7.69. The van der Waals surface area contributed by atoms with E-state index in [0.717, 1.165) is 16.7 Å². The highest BCUT2D eigenvalue weighted by Gasteiger charge is 2.54. The van der Waals surface area contributed by atoms with Crippen LogP contribution in [0.25, 0.3) is 11.1 Å². The average molecular weight is 381 g/mol. The van der Waals surface area contributed by atoms with Crippen LogP contribution in [-0.2, 0) is 14.3 Å². The minimum Gasteiger partial charge on any atom is -0.394 e. The zero-order valence-electron chi connectivity index (χ0n) is 15.7. The molecule has 0 aliphatic carbocycles. The molecule has 0 radical (unpaired) electrons. The monoisotopic (exact) mass is 381 g/mol. The summed E-state index contributed by atoms with van der Waals surface area (Å²) in [7, 11) is 1.47. The first-order chi connectivity index (χ1) is 13.6. The predicted molar refractivity (Wildman–Crippen MR) is 102 cm³/mol. The summed E-state index contributed by atoms with van der Waals surface area (Å²) < 4.78 is 4.92. The van der Waals surface area contributed by atoms with Crippen LogP contribution in [0.3, 0.4) is 0 Å². The van der Waals surface area contributed by atoms with Gasteiger partial charge in [0.05, 0.1) is 25.2 Å². The van der Waals surface area contributed by atoms with E-state index in [1.54, 1.807) is 22.2 Å². The number of aliphatic hydroxyl groups is 1. The first kappa shape index (κ1) is 18.6. The molecule has 2 aliphatic heterocycles. The summed E-state index contributed by atoms with van der Waals surface area (Å²) in [5.41, 5.74) is 3.23. The van der Waals surface area contributed by atoms with E-state index in [1.807, 2.05) is 36.4 Å². The summed E-state index contributed by atoms with van der Waals surface area (Å²) >= 11 is 0. The fourth-order valence-electron chi connectivity index (χ4n) is 4.35. The van der Waals surface area contributed by atoms with Crippen LogP contribution in [0.1, 0.15) is 11.5 Å². The topological polar surface area (TPSA) is 83.0 Å². The van der Waals surface area contributed by atoms with Gasteiger partial charge < -0.3 is 19.6 Å². The lowest BCUT2D eigenvalue weighted by atomic mass is 9.73. The number of aromatic nitrogens is 1. The average Bonchev–Trinajstić information content (AvgIpc) is 2.71. The van der Waals surface area contributed by atoms with Gasteiger partial charge in [-0.25, -0.2) is 0 Å². The Labute approximate surface area is 163 Å². The lowest BCUT2D eigenvalue weighted by molar-refractivity contribution is -0.168. The van der Waals surface area contributed by atoms with E-state index in [9.17, 15) is 14.7 Å². The summed E-state index contributed by atoms with van der Waals surface area (Å²) in [5, 5.41) is 9.86. The maximum absolute atomic E-state index is 12.5. The van der Waals surface area contributed by atoms with E-state index in [0.29, 0.717) is 6.54 Å². The molecule has 2 aliphatic rings. The zero-order chi connectivity index (χ0) is 19.7. The highest BCUT2D eigenvalue weighted by atomic mass is 16.5. The van der Waals surface area contributed by atoms with Gasteiger partial charge in [0, 0.05) is 32.0 Å². The van der Waals surface area contributed by atoms with E-state index in [1.165, 1.54) is 7.11 Å². The third-order valence-electron chi connectivity index (χ3n) is 5.68. The van der Waals surface area contributed by atoms with Gasteiger partial charge in [0.1, 0.15) is 6.61 Å². The van der Waals surface area contributed by atoms with Crippen LogP contribution < -0.4 is 0 Å². The van der Waals surface area contributed by atoms with Gasteiger partial charge in [0.15, 0.2) is 0 Å². The van der Waals surface area contributed by atoms with Gasteiger partial charge in [-0.1, -0.05) is 24.3 Å². The van der Waals surface area contributed by atoms with Crippen molar-refractivity contribution in [1.29, 1.82) is 0 Å². The minimum absolute atomic E-state index is 0.00131. The highest BCUT2D eigenvalue weighted by Crippen LogP contribution is 2.43. The van der Waals surface area contributed by atoms with E-state index in [-0.39, 0.29) is 49.6 Å². The molecule has 7 heteroatoms. The molecule has 2 amide bonds. The van der Waals surface area contributed by atoms with Gasteiger partial charge >= 0.3 is 0 Å². The first-order valence-electron chi connectivity index (χ1n) is 9.33. The molecule has 0 saturated carbocycles. The fourth-order valence-corrected chi connectivity index (χ4v) is 4.35. The van der Waals surface area contributed by atoms with Gasteiger partial charge in [-0.2, -0.15) is 0 Å². The van der Waals surface area contributed by atoms with Crippen molar-refractivity contribution in [2.24, 2.45) is 0 Å². The molecule has 0 bridgehead atoms. The molecule has 2 fully saturated rings. The standard InChI is InChI=1S/C21H23N3O4/c1-28-13-20(27)23-10-17-21(18(12-25)24(17)19(26)11-23)16-4-2-14(3-5-16)15-6-8-22-9-7-15/h2-9,17-18,21,25H,10-13H2,1H3/t17-,18-,21+/m1/s1. The van der Waals surface area contributed by atoms with Crippen molar-refractivity contribution in [2.45, 2.75) is 18.0 Å². The Morgan fingerprint density at radius 2 is 1.86 bits per heavy atom. The van der Waals surface area contributed by atoms with E-state index in [4.69, 9.17) is 4.74 Å². The van der Waals surface area contributed by atoms with Crippen LogP contribution in [0.4, 0.5) is 0 Å². The third kappa shape index (κ3) is 3.16. The fraction of sp³-hybridized carbons (Fsp3) is 0.381. The Kier molecular flexibility index (Phi) is 5.11. The van der Waals surface area contributed by atoms with Crippen molar-refractivity contribution < 1.29 is 19.4 Å². The van der Waals surface area contributed by atoms with Gasteiger partial charge in [-0.3, -0.25) is 14.6 Å². The molecule has 2 saturated heterocycles. The van der Waals surface area contributed by atoms with Gasteiger partial charge in [0.25, 0.3) is 0 Å². The molecule has 0 spiro atoms. The molecule has 3 atom stereocenters. The normalized spacial score (nSPS) is 23.9. The summed E-state index contributed by atoms with van der Waals surface area (Å²) in [6, 6.07) is 11.7. The van der Waals surface area contributed by atoms with E-state index < -0.39 is 0 Å². The largest absolute Gasteiger partial charge is 0.394 e. The quantitative estimate of drug-likeness (QED) is 0.832. The molecular weight excluding hydrogens is 358 g/mol. The molecule has 2 aromatic rings. The number of piperazine rings is 1. The molecule has 7 nitrogen and oxygen atoms in total. The van der Waals surface area contributed by atoms with Crippen LogP contribution in [0.5, 0.6) is 0 Å². The molecular formula is C21H23N3O4. The van der Waals surface area contributed by atoms with Gasteiger partial charge in [0.2, 0.25) is 11.8 Å². The molecule has 0 unspecified atom stereocenters. The molecule has 3 heterocycles. The Bertz CT molecular complexity index is 856. The number of carbonyl (C=O) groups excluding carboxylic acids is 2. The molecule has 1 N–H and O–H groups in total. The number of ether oxygens (including phenoxy) is 1. The van der Waals surface area contributed by atoms with Gasteiger partial charge in [-0.05, 0) is 28.8 Å². The summed E-state index contributed by atoms with van der Waals surface area (Å²) in [6.07, 6.45) is 3.52. The number of pyridine rings is 1. The van der Waals surface area contributed by atoms with Crippen LogP contribution in [-0.4, -0.2) is 77.2 Å². The summed E-state index contributed by atoms with van der Waals surface area (Å²) in [4.78, 5) is 32.1. The second-order valence-electron chi connectivity index (χ2n) is 7.21. The minimum atomic E-state index is -0.246. The Balaban J connectivity index is 1.56. The number of rotatable bonds is 5. The predicted octanol–water partition coefficient (Wildman–Crippen LogP) is 0.893. The molecule has 28 heavy (non-hydrogen) atoms. The maximum Gasteiger partial charge on any atom is 0.249 e. The van der Waals surface area contributed by atoms with Crippen LogP contribution in [0, 0.1) is 0 Å². The maximum atomic E-state index is 12.5. The highest BCUT2D eigenvalue weighted by molar-refractivity contribution is 5.88. The second-order valence-corrected chi connectivity index (χ2v) is 7.21. The van der Waals surface area contributed by atoms with Gasteiger partial charge in [-0.15, -0.1) is 0 Å². The molecule has 146 valence electrons. The first-order valence-corrected chi connectivity index (χ1v) is 9.33. The van der Waals surface area contributed by atoms with E-state index in [2.05, 4.69) is 4.98 Å². The van der Waals surface area contributed by atoms with Crippen LogP contribution >= 0.6 is 0 Å². The van der Waals surface area contributed by atoms with Crippen molar-refractivity contribution in [2.75, 3.05) is 33.4 Å². The Morgan fingerprint density at radius 3 is 2.50 bits per heavy atom. The number of methoxy groups -OCH3 is 1. The number of fused-ring (bicyclic) bond motifs is 1. The summed E-state index contributed by atoms with van der Waals surface area (Å²) in [6.45, 7) is 0.379. The lowest BCUT2D eigenvalue weighted by Crippen LogP contribution is -2.73. The van der Waals surface area contributed by atoms with Crippen molar-refractivity contribution >= 4 is 11.8 Å². The van der Waals surface area contributed by atoms with Crippen molar-refractivity contribution in [3.63, 3.8) is 0 Å². The van der Waals surface area contributed by atoms with Crippen molar-refractivity contribution in [3.8, 4) is 11.1 Å². The number of nitrogens with zero attached hydrogens (tertiary/aromatic N) is 3. The number of hydrogen-bond donors (Lipinski definition) is 1. The van der Waals surface area contributed by atoms with Crippen molar-refractivity contribution in [1.82, 2.24) is 14.8 Å². The number of carbonyl (C=O) groups is 2. The molecule has 1 aromatic heterocycles. The number of hydrogen-bond acceptors (Lipinski definition) is 5. The molecule has 1 aromatic carbocycles. The van der Waals surface area contributed by atoms with Crippen LogP contribution in [0.2, 0.25) is 0 Å². The molecule has 4 rings (SSSR count). The number of amides is 2. The Hall–Kier alpha value is -2.77. The van der Waals surface area contributed by atoms with Crippen LogP contribution in [0.15, 0.2) is 48.8 Å². The zero-order valence-corrected chi connectivity index (χ0v) is 15.7. The van der Waals surface area contributed by atoms with Crippen molar-refractivity contribution in [3.05, 3.63) is 54.4 Å². The number of aliphatic hydroxyl groups excluding tert-OH is 1. The third-order valence-corrected chi connectivity index (χ3v) is 5.68. The SMILES string of the molecule is COCC(=O)N1CC(=O)N2[C@H](CO)[C@@H](c3ccc(-c4ccncc4)cc3)[C@H]2C1. The summed E-state index contributed by atoms with van der Waals surface area (Å²) in [5.74, 6) is -0.308. The van der Waals surface area contributed by atoms with E-state index >= 15 is 0 Å². The number of benzene rings is 1. The Morgan fingerprint density at radius 1 is 1.18 bits per heavy atom. The lowest BCUT2D eigenvalue weighted by Gasteiger charge is -2.58. The smallest absolute Gasteiger partial charge is 0.249 e.